The maximum Gasteiger partial charge on any atom is 0.499 e. The zero-order valence-corrected chi connectivity index (χ0v) is 22.6. The Balaban J connectivity index is 1.25. The highest BCUT2D eigenvalue weighted by molar-refractivity contribution is 7.81. The van der Waals surface area contributed by atoms with E-state index in [0.29, 0.717) is 22.1 Å². The van der Waals surface area contributed by atoms with Gasteiger partial charge in [0.25, 0.3) is 0 Å². The summed E-state index contributed by atoms with van der Waals surface area (Å²) in [5.74, 6) is 0.489. The lowest BCUT2D eigenvalue weighted by Gasteiger charge is -2.20. The summed E-state index contributed by atoms with van der Waals surface area (Å²) in [7, 11) is 1.63. The lowest BCUT2D eigenvalue weighted by molar-refractivity contribution is -0.360. The summed E-state index contributed by atoms with van der Waals surface area (Å²) in [6.07, 6.45) is -9.74. The average Bonchev–Trinajstić information content (AvgIpc) is 3.47. The second-order valence-corrected chi connectivity index (χ2v) is 9.34. The van der Waals surface area contributed by atoms with Crippen LogP contribution < -0.4 is 14.8 Å². The van der Waals surface area contributed by atoms with Gasteiger partial charge in [-0.2, -0.15) is 22.0 Å². The summed E-state index contributed by atoms with van der Waals surface area (Å²) < 4.78 is 74.0. The number of nitrogens with one attached hydrogen (secondary N) is 1. The molecule has 12 heteroatoms. The summed E-state index contributed by atoms with van der Waals surface area (Å²) in [6.45, 7) is 0. The van der Waals surface area contributed by atoms with E-state index in [-0.39, 0.29) is 0 Å². The van der Waals surface area contributed by atoms with E-state index < -0.39 is 18.0 Å². The van der Waals surface area contributed by atoms with Crippen LogP contribution in [0.15, 0.2) is 103 Å². The molecule has 0 saturated heterocycles. The fourth-order valence-corrected chi connectivity index (χ4v) is 4.25. The molecule has 214 valence electrons. The number of hydrogen-bond donors (Lipinski definition) is 1. The zero-order valence-electron chi connectivity index (χ0n) is 21.8. The molecular formula is C30H21F5N4O2S. The number of anilines is 1. The molecule has 4 aromatic carbocycles. The largest absolute Gasteiger partial charge is 0.499 e. The van der Waals surface area contributed by atoms with Crippen molar-refractivity contribution in [1.82, 2.24) is 14.8 Å². The van der Waals surface area contributed by atoms with Crippen molar-refractivity contribution in [1.29, 1.82) is 0 Å². The van der Waals surface area contributed by atoms with Crippen LogP contribution in [0.1, 0.15) is 5.56 Å². The lowest BCUT2D eigenvalue weighted by atomic mass is 10.0. The number of para-hydroxylation sites is 1. The van der Waals surface area contributed by atoms with E-state index in [0.717, 1.165) is 40.3 Å². The Kier molecular flexibility index (Phi) is 7.90. The number of methoxy groups -OCH3 is 1. The standard InChI is InChI=1S/C30H21F5N4O2S/c1-40-26-8-3-2-7-25(26)20-5-4-6-21(17-20)28(42)37-22-11-9-19(10-12-22)27-36-18-39(38-27)23-13-15-24(16-14-23)41-30(34,35)29(31,32)33/h2-18H,1H3,(H,37,42). The number of hydrogen-bond acceptors (Lipinski definition) is 5. The predicted octanol–water partition coefficient (Wildman–Crippen LogP) is 7.93. The second-order valence-electron chi connectivity index (χ2n) is 8.94. The van der Waals surface area contributed by atoms with E-state index in [1.54, 1.807) is 19.2 Å². The van der Waals surface area contributed by atoms with Gasteiger partial charge in [0, 0.05) is 22.4 Å². The second kappa shape index (κ2) is 11.6. The molecule has 1 aromatic heterocycles. The van der Waals surface area contributed by atoms with Crippen LogP contribution in [0.4, 0.5) is 27.6 Å². The fraction of sp³-hybridized carbons (Fsp3) is 0.100. The van der Waals surface area contributed by atoms with Crippen molar-refractivity contribution < 1.29 is 31.4 Å². The molecule has 5 rings (SSSR count). The Morgan fingerprint density at radius 2 is 1.55 bits per heavy atom. The number of ether oxygens (including phenoxy) is 2. The first-order valence-corrected chi connectivity index (χ1v) is 12.8. The Bertz CT molecular complexity index is 1700. The molecule has 0 atom stereocenters. The van der Waals surface area contributed by atoms with E-state index in [1.807, 2.05) is 60.7 Å². The third kappa shape index (κ3) is 6.23. The molecule has 1 N–H and O–H groups in total. The van der Waals surface area contributed by atoms with Gasteiger partial charge < -0.3 is 14.8 Å². The molecule has 1 heterocycles. The molecule has 6 nitrogen and oxygen atoms in total. The van der Waals surface area contributed by atoms with Crippen LogP contribution in [-0.4, -0.2) is 39.1 Å². The van der Waals surface area contributed by atoms with E-state index >= 15 is 0 Å². The van der Waals surface area contributed by atoms with Gasteiger partial charge in [-0.25, -0.2) is 9.67 Å². The third-order valence-electron chi connectivity index (χ3n) is 6.11. The maximum absolute atomic E-state index is 13.1. The smallest absolute Gasteiger partial charge is 0.496 e. The van der Waals surface area contributed by atoms with Crippen LogP contribution in [-0.2, 0) is 0 Å². The van der Waals surface area contributed by atoms with Crippen molar-refractivity contribution in [3.8, 4) is 39.7 Å². The van der Waals surface area contributed by atoms with E-state index in [4.69, 9.17) is 17.0 Å². The van der Waals surface area contributed by atoms with Crippen LogP contribution >= 0.6 is 12.2 Å². The van der Waals surface area contributed by atoms with Gasteiger partial charge in [-0.05, 0) is 66.2 Å². The van der Waals surface area contributed by atoms with E-state index in [2.05, 4.69) is 20.1 Å². The lowest BCUT2D eigenvalue weighted by Crippen LogP contribution is -2.41. The fourth-order valence-electron chi connectivity index (χ4n) is 4.01. The number of aromatic nitrogens is 3. The molecule has 42 heavy (non-hydrogen) atoms. The highest BCUT2D eigenvalue weighted by Gasteiger charge is 2.61. The van der Waals surface area contributed by atoms with Crippen LogP contribution in [0.3, 0.4) is 0 Å². The van der Waals surface area contributed by atoms with Crippen LogP contribution in [0, 0.1) is 0 Å². The van der Waals surface area contributed by atoms with E-state index in [9.17, 15) is 22.0 Å². The summed E-state index contributed by atoms with van der Waals surface area (Å²) in [4.78, 5) is 4.79. The van der Waals surface area contributed by atoms with Gasteiger partial charge in [-0.3, -0.25) is 0 Å². The minimum absolute atomic E-state index is 0.373. The molecule has 0 bridgehead atoms. The molecule has 5 aromatic rings. The van der Waals surface area contributed by atoms with Gasteiger partial charge in [0.2, 0.25) is 0 Å². The minimum atomic E-state index is -5.83. The molecule has 0 radical (unpaired) electrons. The van der Waals surface area contributed by atoms with Gasteiger partial charge in [0.05, 0.1) is 12.8 Å². The molecule has 0 fully saturated rings. The van der Waals surface area contributed by atoms with E-state index in [1.165, 1.54) is 23.1 Å². The highest BCUT2D eigenvalue weighted by Crippen LogP contribution is 2.37. The normalized spacial score (nSPS) is 11.7. The Labute approximate surface area is 242 Å². The van der Waals surface area contributed by atoms with Gasteiger partial charge in [0.1, 0.15) is 22.8 Å². The Morgan fingerprint density at radius 3 is 2.24 bits per heavy atom. The van der Waals surface area contributed by atoms with Crippen molar-refractivity contribution in [3.05, 3.63) is 109 Å². The van der Waals surface area contributed by atoms with Crippen molar-refractivity contribution in [2.24, 2.45) is 0 Å². The van der Waals surface area contributed by atoms with Crippen molar-refractivity contribution in [2.45, 2.75) is 12.3 Å². The number of benzene rings is 4. The molecule has 0 saturated carbocycles. The summed E-state index contributed by atoms with van der Waals surface area (Å²) in [5.41, 5.74) is 4.57. The molecule has 0 unspecified atom stereocenters. The molecule has 0 spiro atoms. The van der Waals surface area contributed by atoms with Gasteiger partial charge >= 0.3 is 12.3 Å². The zero-order chi connectivity index (χ0) is 29.9. The first kappa shape index (κ1) is 28.7. The average molecular weight is 597 g/mol. The first-order chi connectivity index (χ1) is 20.0. The molecule has 0 aliphatic rings. The highest BCUT2D eigenvalue weighted by atomic mass is 32.1. The van der Waals surface area contributed by atoms with Crippen LogP contribution in [0.25, 0.3) is 28.2 Å². The van der Waals surface area contributed by atoms with Crippen LogP contribution in [0.2, 0.25) is 0 Å². The van der Waals surface area contributed by atoms with Gasteiger partial charge in [0.15, 0.2) is 5.82 Å². The molecule has 0 amide bonds. The number of nitrogens with zero attached hydrogens (tertiary/aromatic N) is 3. The maximum atomic E-state index is 13.1. The van der Waals surface area contributed by atoms with Gasteiger partial charge in [-0.15, -0.1) is 5.10 Å². The summed E-state index contributed by atoms with van der Waals surface area (Å²) in [5, 5.41) is 7.59. The van der Waals surface area contributed by atoms with Crippen molar-refractivity contribution in [3.63, 3.8) is 0 Å². The molecule has 0 aliphatic carbocycles. The Hall–Kier alpha value is -4.84. The van der Waals surface area contributed by atoms with Gasteiger partial charge in [-0.1, -0.05) is 48.6 Å². The molecular weight excluding hydrogens is 575 g/mol. The Morgan fingerprint density at radius 1 is 0.833 bits per heavy atom. The van der Waals surface area contributed by atoms with Crippen molar-refractivity contribution in [2.75, 3.05) is 12.4 Å². The third-order valence-corrected chi connectivity index (χ3v) is 6.45. The SMILES string of the molecule is COc1ccccc1-c1cccc(C(=S)Nc2ccc(-c3ncn(-c4ccc(OC(F)(F)C(F)(F)F)cc4)n3)cc2)c1. The number of alkyl halides is 5. The number of rotatable bonds is 8. The molecule has 0 aliphatic heterocycles. The number of thiocarbonyl (C=S) groups is 1. The van der Waals surface area contributed by atoms with Crippen molar-refractivity contribution >= 4 is 22.9 Å². The minimum Gasteiger partial charge on any atom is -0.496 e. The first-order valence-electron chi connectivity index (χ1n) is 12.3. The monoisotopic (exact) mass is 596 g/mol. The predicted molar refractivity (Wildman–Crippen MR) is 152 cm³/mol. The summed E-state index contributed by atoms with van der Waals surface area (Å²) >= 11 is 5.64. The topological polar surface area (TPSA) is 61.2 Å². The summed E-state index contributed by atoms with van der Waals surface area (Å²) in [6, 6.07) is 27.3. The number of halogens is 5. The van der Waals surface area contributed by atoms with Crippen LogP contribution in [0.5, 0.6) is 11.5 Å². The quantitative estimate of drug-likeness (QED) is 0.145.